The molecule has 0 aromatic heterocycles. The summed E-state index contributed by atoms with van der Waals surface area (Å²) in [5.74, 6) is -1.78. The SMILES string of the molecule is N#Cc1ccccc1OCc1cccc(C(=O)ON2C(=O)c3ccccc3C2=O)c1. The van der Waals surface area contributed by atoms with Gasteiger partial charge in [-0.1, -0.05) is 41.5 Å². The van der Waals surface area contributed by atoms with Crippen LogP contribution in [0.5, 0.6) is 5.75 Å². The summed E-state index contributed by atoms with van der Waals surface area (Å²) in [7, 11) is 0. The van der Waals surface area contributed by atoms with E-state index in [0.717, 1.165) is 0 Å². The van der Waals surface area contributed by atoms with Gasteiger partial charge < -0.3 is 9.57 Å². The average Bonchev–Trinajstić information content (AvgIpc) is 3.03. The van der Waals surface area contributed by atoms with Crippen molar-refractivity contribution in [1.29, 1.82) is 5.26 Å². The van der Waals surface area contributed by atoms with Crippen molar-refractivity contribution < 1.29 is 24.0 Å². The van der Waals surface area contributed by atoms with Gasteiger partial charge in [-0.05, 0) is 42.0 Å². The number of hydrogen-bond donors (Lipinski definition) is 0. The zero-order valence-corrected chi connectivity index (χ0v) is 15.6. The molecule has 0 spiro atoms. The van der Waals surface area contributed by atoms with Crippen LogP contribution in [0, 0.1) is 11.3 Å². The Morgan fingerprint density at radius 2 is 1.57 bits per heavy atom. The van der Waals surface area contributed by atoms with Gasteiger partial charge in [0, 0.05) is 0 Å². The van der Waals surface area contributed by atoms with Crippen LogP contribution in [0.1, 0.15) is 42.2 Å². The average molecular weight is 398 g/mol. The molecule has 3 aromatic carbocycles. The highest BCUT2D eigenvalue weighted by Crippen LogP contribution is 2.24. The van der Waals surface area contributed by atoms with Crippen molar-refractivity contribution in [3.8, 4) is 11.8 Å². The lowest BCUT2D eigenvalue weighted by atomic mass is 10.1. The van der Waals surface area contributed by atoms with Crippen molar-refractivity contribution in [1.82, 2.24) is 5.06 Å². The third-order valence-corrected chi connectivity index (χ3v) is 4.50. The van der Waals surface area contributed by atoms with Crippen molar-refractivity contribution in [2.45, 2.75) is 6.61 Å². The molecule has 0 unspecified atom stereocenters. The molecule has 0 bridgehead atoms. The normalized spacial score (nSPS) is 12.3. The number of carbonyl (C=O) groups excluding carboxylic acids is 3. The number of hydrogen-bond acceptors (Lipinski definition) is 6. The van der Waals surface area contributed by atoms with Crippen molar-refractivity contribution in [2.75, 3.05) is 0 Å². The summed E-state index contributed by atoms with van der Waals surface area (Å²) < 4.78 is 5.67. The molecule has 3 aromatic rings. The number of para-hydroxylation sites is 1. The lowest BCUT2D eigenvalue weighted by Crippen LogP contribution is -2.32. The van der Waals surface area contributed by atoms with Crippen LogP contribution in [0.25, 0.3) is 0 Å². The number of imide groups is 1. The number of nitrogens with zero attached hydrogens (tertiary/aromatic N) is 2. The predicted octanol–water partition coefficient (Wildman–Crippen LogP) is 3.51. The minimum atomic E-state index is -0.844. The van der Waals surface area contributed by atoms with Gasteiger partial charge in [0.15, 0.2) is 0 Å². The number of nitriles is 1. The molecule has 0 fully saturated rings. The van der Waals surface area contributed by atoms with Gasteiger partial charge in [-0.15, -0.1) is 0 Å². The summed E-state index contributed by atoms with van der Waals surface area (Å²) >= 11 is 0. The molecular weight excluding hydrogens is 384 g/mol. The Hall–Kier alpha value is -4.44. The summed E-state index contributed by atoms with van der Waals surface area (Å²) in [4.78, 5) is 42.3. The summed E-state index contributed by atoms with van der Waals surface area (Å²) in [6.45, 7) is 0.118. The van der Waals surface area contributed by atoms with Crippen molar-refractivity contribution in [2.24, 2.45) is 0 Å². The minimum absolute atomic E-state index is 0.118. The largest absolute Gasteiger partial charge is 0.488 e. The van der Waals surface area contributed by atoms with Crippen LogP contribution < -0.4 is 4.74 Å². The Bertz CT molecular complexity index is 1180. The maximum absolute atomic E-state index is 12.5. The topological polar surface area (TPSA) is 96.7 Å². The number of amides is 2. The van der Waals surface area contributed by atoms with Crippen molar-refractivity contribution in [3.63, 3.8) is 0 Å². The number of ether oxygens (including phenoxy) is 1. The lowest BCUT2D eigenvalue weighted by Gasteiger charge is -2.13. The van der Waals surface area contributed by atoms with E-state index in [1.165, 1.54) is 24.3 Å². The van der Waals surface area contributed by atoms with E-state index in [1.54, 1.807) is 48.5 Å². The highest BCUT2D eigenvalue weighted by Gasteiger charge is 2.38. The highest BCUT2D eigenvalue weighted by molar-refractivity contribution is 6.21. The Kier molecular flexibility index (Phi) is 4.97. The summed E-state index contributed by atoms with van der Waals surface area (Å²) in [6.07, 6.45) is 0. The first-order chi connectivity index (χ1) is 14.6. The second-order valence-corrected chi connectivity index (χ2v) is 6.43. The first kappa shape index (κ1) is 18.9. The first-order valence-electron chi connectivity index (χ1n) is 8.99. The van der Waals surface area contributed by atoms with Crippen LogP contribution in [-0.4, -0.2) is 22.8 Å². The van der Waals surface area contributed by atoms with Gasteiger partial charge in [-0.25, -0.2) is 4.79 Å². The smallest absolute Gasteiger partial charge is 0.363 e. The van der Waals surface area contributed by atoms with E-state index < -0.39 is 17.8 Å². The van der Waals surface area contributed by atoms with E-state index in [1.807, 2.05) is 6.07 Å². The van der Waals surface area contributed by atoms with Crippen molar-refractivity contribution >= 4 is 17.8 Å². The number of hydroxylamine groups is 2. The van der Waals surface area contributed by atoms with Crippen LogP contribution in [0.2, 0.25) is 0 Å². The Morgan fingerprint density at radius 1 is 0.900 bits per heavy atom. The number of benzene rings is 3. The fourth-order valence-corrected chi connectivity index (χ4v) is 3.02. The highest BCUT2D eigenvalue weighted by atomic mass is 16.7. The molecule has 1 aliphatic heterocycles. The third kappa shape index (κ3) is 3.50. The number of rotatable bonds is 5. The zero-order chi connectivity index (χ0) is 21.1. The molecule has 7 heteroatoms. The van der Waals surface area contributed by atoms with Crippen LogP contribution >= 0.6 is 0 Å². The molecule has 2 amide bonds. The number of fused-ring (bicyclic) bond motifs is 1. The second kappa shape index (κ2) is 7.89. The van der Waals surface area contributed by atoms with Crippen LogP contribution in [0.15, 0.2) is 72.8 Å². The quantitative estimate of drug-likeness (QED) is 0.610. The monoisotopic (exact) mass is 398 g/mol. The van der Waals surface area contributed by atoms with Crippen LogP contribution in [0.4, 0.5) is 0 Å². The van der Waals surface area contributed by atoms with E-state index in [2.05, 4.69) is 0 Å². The molecule has 7 nitrogen and oxygen atoms in total. The molecular formula is C23H14N2O5. The third-order valence-electron chi connectivity index (χ3n) is 4.50. The van der Waals surface area contributed by atoms with E-state index >= 15 is 0 Å². The Morgan fingerprint density at radius 3 is 2.27 bits per heavy atom. The number of carbonyl (C=O) groups is 3. The molecule has 0 N–H and O–H groups in total. The summed E-state index contributed by atoms with van der Waals surface area (Å²) in [5.41, 5.74) is 1.58. The van der Waals surface area contributed by atoms with Crippen LogP contribution in [0.3, 0.4) is 0 Å². The fourth-order valence-electron chi connectivity index (χ4n) is 3.02. The van der Waals surface area contributed by atoms with Crippen molar-refractivity contribution in [3.05, 3.63) is 101 Å². The van der Waals surface area contributed by atoms with Gasteiger partial charge in [0.1, 0.15) is 18.4 Å². The zero-order valence-electron chi connectivity index (χ0n) is 15.6. The maximum atomic E-state index is 12.5. The molecule has 0 saturated carbocycles. The van der Waals surface area contributed by atoms with Crippen LogP contribution in [-0.2, 0) is 11.4 Å². The maximum Gasteiger partial charge on any atom is 0.363 e. The minimum Gasteiger partial charge on any atom is -0.488 e. The molecule has 0 atom stereocenters. The Balaban J connectivity index is 1.47. The van der Waals surface area contributed by atoms with Gasteiger partial charge in [-0.2, -0.15) is 5.26 Å². The molecule has 146 valence electrons. The lowest BCUT2D eigenvalue weighted by molar-refractivity contribution is -0.0584. The molecule has 1 aliphatic rings. The molecule has 0 aliphatic carbocycles. The first-order valence-corrected chi connectivity index (χ1v) is 8.99. The Labute approximate surface area is 171 Å². The molecule has 30 heavy (non-hydrogen) atoms. The van der Waals surface area contributed by atoms with Gasteiger partial charge in [-0.3, -0.25) is 9.59 Å². The van der Waals surface area contributed by atoms with E-state index in [4.69, 9.17) is 14.8 Å². The van der Waals surface area contributed by atoms with Gasteiger partial charge in [0.05, 0.1) is 22.3 Å². The van der Waals surface area contributed by atoms with E-state index in [0.29, 0.717) is 21.9 Å². The van der Waals surface area contributed by atoms with Gasteiger partial charge >= 0.3 is 5.97 Å². The predicted molar refractivity (Wildman–Crippen MR) is 104 cm³/mol. The molecule has 4 rings (SSSR count). The van der Waals surface area contributed by atoms with E-state index in [-0.39, 0.29) is 23.3 Å². The van der Waals surface area contributed by atoms with Gasteiger partial charge in [0.2, 0.25) is 0 Å². The molecule has 1 heterocycles. The fraction of sp³-hybridized carbons (Fsp3) is 0.0435. The van der Waals surface area contributed by atoms with Gasteiger partial charge in [0.25, 0.3) is 11.8 Å². The van der Waals surface area contributed by atoms with E-state index in [9.17, 15) is 14.4 Å². The summed E-state index contributed by atoms with van der Waals surface area (Å²) in [5, 5.41) is 9.60. The second-order valence-electron chi connectivity index (χ2n) is 6.43. The molecule has 0 radical (unpaired) electrons. The summed E-state index contributed by atoms with van der Waals surface area (Å²) in [6, 6.07) is 21.5. The molecule has 0 saturated heterocycles. The standard InChI is InChI=1S/C23H14N2O5/c24-13-17-7-1-4-11-20(17)29-14-15-6-5-8-16(12-15)23(28)30-25-21(26)18-9-2-3-10-19(18)22(25)27/h1-12H,14H2.